The zero-order valence-electron chi connectivity index (χ0n) is 18.5. The Morgan fingerprint density at radius 2 is 1.88 bits per heavy atom. The summed E-state index contributed by atoms with van der Waals surface area (Å²) in [5.74, 6) is 0.642. The van der Waals surface area contributed by atoms with Crippen molar-refractivity contribution < 1.29 is 9.52 Å². The molecule has 0 bridgehead atoms. The van der Waals surface area contributed by atoms with E-state index in [1.165, 1.54) is 11.1 Å². The van der Waals surface area contributed by atoms with Gasteiger partial charge in [-0.05, 0) is 55.7 Å². The summed E-state index contributed by atoms with van der Waals surface area (Å²) >= 11 is 13.0. The van der Waals surface area contributed by atoms with Gasteiger partial charge < -0.3 is 14.4 Å². The molecule has 174 valence electrons. The predicted octanol–water partition coefficient (Wildman–Crippen LogP) is 4.91. The topological polar surface area (TPSA) is 84.4 Å². The second-order valence-electron chi connectivity index (χ2n) is 8.23. The van der Waals surface area contributed by atoms with Gasteiger partial charge in [0.15, 0.2) is 12.2 Å². The van der Waals surface area contributed by atoms with Crippen LogP contribution < -0.4 is 10.5 Å². The van der Waals surface area contributed by atoms with Crippen LogP contribution in [0.15, 0.2) is 58.2 Å². The Morgan fingerprint density at radius 3 is 2.59 bits per heavy atom. The number of oxazole rings is 1. The molecule has 7 nitrogen and oxygen atoms in total. The number of aliphatic hydroxyl groups excluding tert-OH is 1. The smallest absolute Gasteiger partial charge is 0.295 e. The first kappa shape index (κ1) is 22.7. The molecule has 1 N–H and O–H groups in total. The maximum atomic E-state index is 13.7. The van der Waals surface area contributed by atoms with Crippen molar-refractivity contribution in [2.75, 3.05) is 24.6 Å². The van der Waals surface area contributed by atoms with Crippen LogP contribution in [0.4, 0.5) is 5.69 Å². The molecular weight excluding hydrogens is 475 g/mol. The van der Waals surface area contributed by atoms with Crippen molar-refractivity contribution in [1.29, 1.82) is 0 Å². The fourth-order valence-electron chi connectivity index (χ4n) is 4.51. The molecule has 0 spiro atoms. The molecule has 0 saturated carbocycles. The first-order chi connectivity index (χ1) is 16.5. The number of fused-ring (bicyclic) bond motifs is 1. The highest BCUT2D eigenvalue weighted by molar-refractivity contribution is 6.37. The quantitative estimate of drug-likeness (QED) is 0.422. The molecule has 3 heterocycles. The van der Waals surface area contributed by atoms with Gasteiger partial charge in [-0.3, -0.25) is 4.79 Å². The third-order valence-electron chi connectivity index (χ3n) is 5.92. The summed E-state index contributed by atoms with van der Waals surface area (Å²) < 4.78 is 6.80. The van der Waals surface area contributed by atoms with Gasteiger partial charge in [0.05, 0.1) is 28.5 Å². The number of benzene rings is 2. The number of β-amino-alcohol motifs (C(OH)–C–C–N with tert-alkyl or cyclic N) is 1. The molecule has 0 amide bonds. The van der Waals surface area contributed by atoms with Gasteiger partial charge in [-0.25, -0.2) is 4.98 Å². The van der Waals surface area contributed by atoms with Gasteiger partial charge in [-0.1, -0.05) is 29.3 Å². The molecule has 0 atom stereocenters. The van der Waals surface area contributed by atoms with Gasteiger partial charge in [0.2, 0.25) is 0 Å². The first-order valence-corrected chi connectivity index (χ1v) is 11.7. The van der Waals surface area contributed by atoms with Crippen LogP contribution in [0.25, 0.3) is 28.3 Å². The molecule has 0 aliphatic carbocycles. The fourth-order valence-corrected chi connectivity index (χ4v) is 5.07. The zero-order valence-corrected chi connectivity index (χ0v) is 20.0. The van der Waals surface area contributed by atoms with Gasteiger partial charge in [0.1, 0.15) is 11.4 Å². The standard InChI is InChI=1S/C25H22Cl2N4O3/c1-15-10-16(21-13-28-14-34-21)12-17(11-15)22-18-4-3-7-30(8-9-32)23(18)25(33)31(29-22)24-19(26)5-2-6-20(24)27/h2,5-6,10-14,32H,3-4,7-9H2,1H3. The van der Waals surface area contributed by atoms with Crippen LogP contribution in [-0.4, -0.2) is 39.6 Å². The van der Waals surface area contributed by atoms with Gasteiger partial charge in [0.25, 0.3) is 5.56 Å². The number of rotatable bonds is 5. The largest absolute Gasteiger partial charge is 0.444 e. The zero-order chi connectivity index (χ0) is 23.8. The van der Waals surface area contributed by atoms with Gasteiger partial charge in [0, 0.05) is 29.8 Å². The number of hydrogen-bond donors (Lipinski definition) is 1. The predicted molar refractivity (Wildman–Crippen MR) is 133 cm³/mol. The highest BCUT2D eigenvalue weighted by Gasteiger charge is 2.28. The summed E-state index contributed by atoms with van der Waals surface area (Å²) in [5, 5.41) is 15.1. The van der Waals surface area contributed by atoms with E-state index in [-0.39, 0.29) is 12.2 Å². The van der Waals surface area contributed by atoms with Gasteiger partial charge in [-0.2, -0.15) is 9.78 Å². The van der Waals surface area contributed by atoms with Gasteiger partial charge >= 0.3 is 0 Å². The van der Waals surface area contributed by atoms with E-state index in [1.54, 1.807) is 24.4 Å². The first-order valence-electron chi connectivity index (χ1n) is 10.9. The Kier molecular flexibility index (Phi) is 6.16. The monoisotopic (exact) mass is 496 g/mol. The highest BCUT2D eigenvalue weighted by Crippen LogP contribution is 2.36. The van der Waals surface area contributed by atoms with E-state index in [9.17, 15) is 9.90 Å². The summed E-state index contributed by atoms with van der Waals surface area (Å²) in [6.07, 6.45) is 4.59. The lowest BCUT2D eigenvalue weighted by atomic mass is 9.95. The van der Waals surface area contributed by atoms with Crippen LogP contribution in [0.2, 0.25) is 10.0 Å². The van der Waals surface area contributed by atoms with E-state index in [4.69, 9.17) is 32.7 Å². The van der Waals surface area contributed by atoms with Crippen molar-refractivity contribution in [2.24, 2.45) is 0 Å². The molecule has 2 aromatic carbocycles. The maximum absolute atomic E-state index is 13.7. The van der Waals surface area contributed by atoms with Crippen molar-refractivity contribution in [1.82, 2.24) is 14.8 Å². The molecular formula is C25H22Cl2N4O3. The third kappa shape index (κ3) is 4.00. The maximum Gasteiger partial charge on any atom is 0.295 e. The molecule has 2 aromatic heterocycles. The molecule has 4 aromatic rings. The van der Waals surface area contributed by atoms with E-state index < -0.39 is 0 Å². The lowest BCUT2D eigenvalue weighted by Gasteiger charge is -2.31. The summed E-state index contributed by atoms with van der Waals surface area (Å²) in [4.78, 5) is 19.7. The van der Waals surface area contributed by atoms with Crippen LogP contribution in [-0.2, 0) is 6.42 Å². The normalized spacial score (nSPS) is 13.2. The number of halogens is 2. The number of anilines is 1. The molecule has 1 aliphatic heterocycles. The van der Waals surface area contributed by atoms with E-state index in [2.05, 4.69) is 4.98 Å². The molecule has 0 radical (unpaired) electrons. The van der Waals surface area contributed by atoms with E-state index in [0.717, 1.165) is 28.7 Å². The Morgan fingerprint density at radius 1 is 1.12 bits per heavy atom. The van der Waals surface area contributed by atoms with Crippen LogP contribution in [0.3, 0.4) is 0 Å². The van der Waals surface area contributed by atoms with Crippen LogP contribution in [0.5, 0.6) is 0 Å². The van der Waals surface area contributed by atoms with Gasteiger partial charge in [-0.15, -0.1) is 0 Å². The summed E-state index contributed by atoms with van der Waals surface area (Å²) in [5.41, 5.74) is 4.75. The molecule has 0 unspecified atom stereocenters. The van der Waals surface area contributed by atoms with Crippen molar-refractivity contribution in [3.63, 3.8) is 0 Å². The van der Waals surface area contributed by atoms with E-state index >= 15 is 0 Å². The molecule has 34 heavy (non-hydrogen) atoms. The number of hydrogen-bond acceptors (Lipinski definition) is 6. The SMILES string of the molecule is Cc1cc(-c2cnco2)cc(-c2nn(-c3c(Cl)cccc3Cl)c(=O)c3c2CCCN3CCO)c1. The highest BCUT2D eigenvalue weighted by atomic mass is 35.5. The number of para-hydroxylation sites is 1. The van der Waals surface area contributed by atoms with Crippen molar-refractivity contribution >= 4 is 28.9 Å². The van der Waals surface area contributed by atoms with Crippen molar-refractivity contribution in [3.05, 3.63) is 80.5 Å². The lowest BCUT2D eigenvalue weighted by molar-refractivity contribution is 0.300. The fraction of sp³-hybridized carbons (Fsp3) is 0.240. The molecule has 9 heteroatoms. The average Bonchev–Trinajstić information content (AvgIpc) is 3.35. The number of aromatic nitrogens is 3. The number of aliphatic hydroxyl groups is 1. The Hall–Kier alpha value is -3.13. The summed E-state index contributed by atoms with van der Waals surface area (Å²) in [6.45, 7) is 2.94. The van der Waals surface area contributed by atoms with Crippen molar-refractivity contribution in [2.45, 2.75) is 19.8 Å². The van der Waals surface area contributed by atoms with Crippen LogP contribution in [0, 0.1) is 6.92 Å². The Labute approximate surface area is 206 Å². The Balaban J connectivity index is 1.82. The molecule has 0 fully saturated rings. The molecule has 0 saturated heterocycles. The second kappa shape index (κ2) is 9.25. The third-order valence-corrected chi connectivity index (χ3v) is 6.53. The summed E-state index contributed by atoms with van der Waals surface area (Å²) in [6, 6.07) is 11.1. The Bertz CT molecular complexity index is 1400. The van der Waals surface area contributed by atoms with E-state index in [0.29, 0.717) is 52.4 Å². The minimum absolute atomic E-state index is 0.0660. The minimum Gasteiger partial charge on any atom is -0.444 e. The van der Waals surface area contributed by atoms with Crippen LogP contribution in [0.1, 0.15) is 17.5 Å². The average molecular weight is 497 g/mol. The van der Waals surface area contributed by atoms with Crippen LogP contribution >= 0.6 is 23.2 Å². The van der Waals surface area contributed by atoms with E-state index in [1.807, 2.05) is 30.0 Å². The van der Waals surface area contributed by atoms with Crippen molar-refractivity contribution in [3.8, 4) is 28.3 Å². The summed E-state index contributed by atoms with van der Waals surface area (Å²) in [7, 11) is 0. The molecule has 1 aliphatic rings. The lowest BCUT2D eigenvalue weighted by Crippen LogP contribution is -2.40. The second-order valence-corrected chi connectivity index (χ2v) is 9.04. The minimum atomic E-state index is -0.315. The molecule has 5 rings (SSSR count). The number of aryl methyl sites for hydroxylation is 1. The number of nitrogens with zero attached hydrogens (tertiary/aromatic N) is 4.